The zero-order valence-electron chi connectivity index (χ0n) is 16.6. The van der Waals surface area contributed by atoms with Crippen LogP contribution in [0.4, 0.5) is 18.9 Å². The summed E-state index contributed by atoms with van der Waals surface area (Å²) in [6.45, 7) is 5.48. The lowest BCUT2D eigenvalue weighted by Crippen LogP contribution is -2.54. The minimum atomic E-state index is -4.38. The van der Waals surface area contributed by atoms with Gasteiger partial charge in [0.15, 0.2) is 0 Å². The van der Waals surface area contributed by atoms with Crippen LogP contribution in [0.2, 0.25) is 0 Å². The molecule has 2 heterocycles. The molecule has 1 aliphatic rings. The topological polar surface area (TPSA) is 84.5 Å². The summed E-state index contributed by atoms with van der Waals surface area (Å²) in [5, 5.41) is 14.8. The normalized spacial score (nSPS) is 16.0. The Morgan fingerprint density at radius 3 is 2.43 bits per heavy atom. The maximum absolute atomic E-state index is 13.0. The molecule has 1 aromatic carbocycles. The van der Waals surface area contributed by atoms with Gasteiger partial charge in [-0.3, -0.25) is 24.5 Å². The Balaban J connectivity index is 1.61. The molecule has 1 aromatic heterocycles. The number of hydrogen-bond acceptors (Lipinski definition) is 5. The van der Waals surface area contributed by atoms with Crippen molar-refractivity contribution in [2.45, 2.75) is 32.1 Å². The zero-order valence-corrected chi connectivity index (χ0v) is 16.6. The number of carbonyl (C=O) groups is 1. The molecule has 0 N–H and O–H groups in total. The first kappa shape index (κ1) is 21.8. The van der Waals surface area contributed by atoms with Gasteiger partial charge < -0.3 is 4.90 Å². The van der Waals surface area contributed by atoms with Crippen molar-refractivity contribution in [2.24, 2.45) is 0 Å². The summed E-state index contributed by atoms with van der Waals surface area (Å²) in [5.41, 5.74) is -1.41. The van der Waals surface area contributed by atoms with Gasteiger partial charge in [-0.15, -0.1) is 0 Å². The van der Waals surface area contributed by atoms with Crippen LogP contribution in [0.15, 0.2) is 36.7 Å². The highest BCUT2D eigenvalue weighted by Crippen LogP contribution is 2.30. The second kappa shape index (κ2) is 8.05. The van der Waals surface area contributed by atoms with Crippen molar-refractivity contribution in [3.8, 4) is 0 Å². The third kappa shape index (κ3) is 4.61. The second-order valence-corrected chi connectivity index (χ2v) is 7.73. The fourth-order valence-electron chi connectivity index (χ4n) is 3.41. The fourth-order valence-corrected chi connectivity index (χ4v) is 3.41. The molecule has 0 radical (unpaired) electrons. The average molecular weight is 425 g/mol. The molecule has 30 heavy (non-hydrogen) atoms. The van der Waals surface area contributed by atoms with Gasteiger partial charge in [0.05, 0.1) is 10.5 Å². The van der Waals surface area contributed by atoms with E-state index in [9.17, 15) is 28.1 Å². The Hall–Kier alpha value is -2.95. The lowest BCUT2D eigenvalue weighted by molar-refractivity contribution is -0.385. The van der Waals surface area contributed by atoms with Crippen molar-refractivity contribution in [3.63, 3.8) is 0 Å². The van der Waals surface area contributed by atoms with Gasteiger partial charge in [0.1, 0.15) is 17.9 Å². The van der Waals surface area contributed by atoms with E-state index in [0.717, 1.165) is 18.3 Å². The smallest absolute Gasteiger partial charge is 0.338 e. The first-order valence-corrected chi connectivity index (χ1v) is 9.36. The number of alkyl halides is 3. The first-order valence-electron chi connectivity index (χ1n) is 9.36. The molecule has 0 saturated carbocycles. The second-order valence-electron chi connectivity index (χ2n) is 7.73. The number of halogens is 3. The van der Waals surface area contributed by atoms with Gasteiger partial charge in [-0.25, -0.2) is 0 Å². The molecule has 11 heteroatoms. The number of nitro groups is 1. The van der Waals surface area contributed by atoms with Gasteiger partial charge in [0, 0.05) is 32.7 Å². The van der Waals surface area contributed by atoms with E-state index in [-0.39, 0.29) is 11.6 Å². The number of amides is 1. The van der Waals surface area contributed by atoms with E-state index in [0.29, 0.717) is 38.3 Å². The maximum atomic E-state index is 13.0. The molecule has 1 fully saturated rings. The monoisotopic (exact) mass is 425 g/mol. The molecule has 0 atom stereocenters. The van der Waals surface area contributed by atoms with Crippen LogP contribution in [-0.2, 0) is 23.1 Å². The third-order valence-electron chi connectivity index (χ3n) is 5.20. The lowest BCUT2D eigenvalue weighted by atomic mass is 10.0. The quantitative estimate of drug-likeness (QED) is 0.543. The van der Waals surface area contributed by atoms with Gasteiger partial charge >= 0.3 is 11.9 Å². The van der Waals surface area contributed by atoms with E-state index in [2.05, 4.69) is 5.10 Å². The van der Waals surface area contributed by atoms with Crippen LogP contribution in [0.5, 0.6) is 0 Å². The largest absolute Gasteiger partial charge is 0.416 e. The third-order valence-corrected chi connectivity index (χ3v) is 5.20. The number of nitrogens with zero attached hydrogens (tertiary/aromatic N) is 5. The van der Waals surface area contributed by atoms with Crippen LogP contribution in [0.25, 0.3) is 0 Å². The first-order chi connectivity index (χ1) is 14.0. The van der Waals surface area contributed by atoms with Gasteiger partial charge in [-0.05, 0) is 25.5 Å². The molecule has 0 aliphatic carbocycles. The van der Waals surface area contributed by atoms with Crippen molar-refractivity contribution >= 4 is 11.6 Å². The molecule has 3 rings (SSSR count). The summed E-state index contributed by atoms with van der Waals surface area (Å²) in [7, 11) is 0. The van der Waals surface area contributed by atoms with Crippen LogP contribution >= 0.6 is 0 Å². The van der Waals surface area contributed by atoms with Crippen LogP contribution in [0.3, 0.4) is 0 Å². The Morgan fingerprint density at radius 1 is 1.20 bits per heavy atom. The number of carbonyl (C=O) groups excluding carboxylic acids is 1. The minimum Gasteiger partial charge on any atom is -0.338 e. The van der Waals surface area contributed by atoms with E-state index < -0.39 is 22.2 Å². The summed E-state index contributed by atoms with van der Waals surface area (Å²) in [5.74, 6) is -0.223. The lowest BCUT2D eigenvalue weighted by Gasteiger charge is -2.38. The molecule has 1 aliphatic heterocycles. The van der Waals surface area contributed by atoms with E-state index in [1.807, 2.05) is 4.90 Å². The van der Waals surface area contributed by atoms with Crippen LogP contribution in [0.1, 0.15) is 25.0 Å². The maximum Gasteiger partial charge on any atom is 0.416 e. The molecule has 0 unspecified atom stereocenters. The molecule has 162 valence electrons. The summed E-state index contributed by atoms with van der Waals surface area (Å²) >= 11 is 0. The Morgan fingerprint density at radius 2 is 1.87 bits per heavy atom. The van der Waals surface area contributed by atoms with Crippen molar-refractivity contribution in [1.29, 1.82) is 0 Å². The van der Waals surface area contributed by atoms with Crippen molar-refractivity contribution in [3.05, 3.63) is 57.9 Å². The molecule has 1 saturated heterocycles. The molecular weight excluding hydrogens is 403 g/mol. The molecule has 0 spiro atoms. The van der Waals surface area contributed by atoms with E-state index >= 15 is 0 Å². The Kier molecular flexibility index (Phi) is 5.84. The molecule has 0 bridgehead atoms. The van der Waals surface area contributed by atoms with Gasteiger partial charge in [0.25, 0.3) is 0 Å². The van der Waals surface area contributed by atoms with Crippen LogP contribution in [-0.4, -0.2) is 56.6 Å². The molecule has 2 aromatic rings. The van der Waals surface area contributed by atoms with E-state index in [1.54, 1.807) is 24.8 Å². The summed E-state index contributed by atoms with van der Waals surface area (Å²) < 4.78 is 39.9. The standard InChI is InChI=1S/C19H22F3N5O3/c1-18(2,26-13-16(11-23-26)27(29)30)17(28)25-8-6-24(7-9-25)12-14-4-3-5-15(10-14)19(20,21)22/h3-5,10-11,13H,6-9,12H2,1-2H3. The fraction of sp³-hybridized carbons (Fsp3) is 0.474. The van der Waals surface area contributed by atoms with Crippen LogP contribution < -0.4 is 0 Å². The number of piperazine rings is 1. The molecule has 8 nitrogen and oxygen atoms in total. The van der Waals surface area contributed by atoms with E-state index in [1.165, 1.54) is 16.9 Å². The predicted octanol–water partition coefficient (Wildman–Crippen LogP) is 2.89. The average Bonchev–Trinajstić information content (AvgIpc) is 3.19. The van der Waals surface area contributed by atoms with Gasteiger partial charge in [-0.2, -0.15) is 18.3 Å². The number of rotatable bonds is 5. The van der Waals surface area contributed by atoms with Crippen LogP contribution in [0, 0.1) is 10.1 Å². The summed E-state index contributed by atoms with van der Waals surface area (Å²) in [4.78, 5) is 26.9. The summed E-state index contributed by atoms with van der Waals surface area (Å²) in [6, 6.07) is 5.23. The van der Waals surface area contributed by atoms with Crippen molar-refractivity contribution in [1.82, 2.24) is 19.6 Å². The zero-order chi connectivity index (χ0) is 22.1. The van der Waals surface area contributed by atoms with Crippen molar-refractivity contribution < 1.29 is 22.9 Å². The molecule has 1 amide bonds. The highest BCUT2D eigenvalue weighted by atomic mass is 19.4. The minimum absolute atomic E-state index is 0.193. The molecular formula is C19H22F3N5O3. The number of hydrogen-bond donors (Lipinski definition) is 0. The number of aromatic nitrogens is 2. The van der Waals surface area contributed by atoms with Crippen molar-refractivity contribution in [2.75, 3.05) is 26.2 Å². The van der Waals surface area contributed by atoms with Gasteiger partial charge in [-0.1, -0.05) is 18.2 Å². The Labute approximate surface area is 171 Å². The number of benzene rings is 1. The predicted molar refractivity (Wildman–Crippen MR) is 102 cm³/mol. The highest BCUT2D eigenvalue weighted by molar-refractivity contribution is 5.83. The SMILES string of the molecule is CC(C)(C(=O)N1CCN(Cc2cccc(C(F)(F)F)c2)CC1)n1cc([N+](=O)[O-])cn1. The Bertz CT molecular complexity index is 933. The highest BCUT2D eigenvalue weighted by Gasteiger charge is 2.37. The van der Waals surface area contributed by atoms with Gasteiger partial charge in [0.2, 0.25) is 5.91 Å². The van der Waals surface area contributed by atoms with E-state index in [4.69, 9.17) is 0 Å². The summed E-state index contributed by atoms with van der Waals surface area (Å²) in [6.07, 6.45) is -2.06.